The summed E-state index contributed by atoms with van der Waals surface area (Å²) in [4.78, 5) is 27.7. The Kier molecular flexibility index (Phi) is 11.0. The average molecular weight is 587 g/mol. The number of halogens is 2. The Morgan fingerprint density at radius 2 is 1.80 bits per heavy atom. The number of sulfonamides is 1. The smallest absolute Gasteiger partial charge is 0.242 e. The number of anilines is 1. The van der Waals surface area contributed by atoms with Crippen LogP contribution in [-0.4, -0.2) is 50.0 Å². The number of hydrogen-bond acceptors (Lipinski definition) is 4. The molecule has 1 N–H and O–H groups in total. The van der Waals surface area contributed by atoms with Crippen molar-refractivity contribution in [3.63, 3.8) is 0 Å². The van der Waals surface area contributed by atoms with Gasteiger partial charge in [0.1, 0.15) is 6.04 Å². The molecule has 0 heterocycles. The lowest BCUT2D eigenvalue weighted by atomic mass is 10.1. The zero-order valence-corrected chi connectivity index (χ0v) is 23.7. The zero-order valence-electron chi connectivity index (χ0n) is 20.5. The zero-order chi connectivity index (χ0) is 26.2. The van der Waals surface area contributed by atoms with Crippen molar-refractivity contribution in [1.29, 1.82) is 0 Å². The van der Waals surface area contributed by atoms with Crippen LogP contribution < -0.4 is 9.62 Å². The molecule has 0 aromatic heterocycles. The number of carbonyl (C=O) groups excluding carboxylic acids is 2. The van der Waals surface area contributed by atoms with Crippen molar-refractivity contribution >= 4 is 55.1 Å². The van der Waals surface area contributed by atoms with Gasteiger partial charge in [-0.1, -0.05) is 52.7 Å². The molecule has 0 aliphatic heterocycles. The largest absolute Gasteiger partial charge is 0.352 e. The van der Waals surface area contributed by atoms with Crippen LogP contribution in [0.5, 0.6) is 0 Å². The maximum atomic E-state index is 13.3. The quantitative estimate of drug-likeness (QED) is 0.380. The molecule has 0 unspecified atom stereocenters. The summed E-state index contributed by atoms with van der Waals surface area (Å²) in [5.74, 6) is -0.448. The van der Waals surface area contributed by atoms with E-state index in [2.05, 4.69) is 21.2 Å². The lowest BCUT2D eigenvalue weighted by Gasteiger charge is -2.30. The van der Waals surface area contributed by atoms with Gasteiger partial charge in [-0.05, 0) is 62.6 Å². The summed E-state index contributed by atoms with van der Waals surface area (Å²) in [5.41, 5.74) is 1.33. The Bertz CT molecular complexity index is 1130. The van der Waals surface area contributed by atoms with E-state index in [9.17, 15) is 18.0 Å². The van der Waals surface area contributed by atoms with E-state index in [1.54, 1.807) is 36.1 Å². The second-order valence-electron chi connectivity index (χ2n) is 8.56. The normalized spacial score (nSPS) is 13.1. The number of amides is 2. The second kappa shape index (κ2) is 13.3. The van der Waals surface area contributed by atoms with Crippen LogP contribution in [0.2, 0.25) is 5.02 Å². The number of benzene rings is 2. The average Bonchev–Trinajstić information content (AvgIpc) is 2.78. The molecule has 192 valence electrons. The van der Waals surface area contributed by atoms with Gasteiger partial charge in [-0.25, -0.2) is 8.42 Å². The van der Waals surface area contributed by atoms with E-state index in [1.165, 1.54) is 4.31 Å². The molecule has 2 rings (SSSR count). The van der Waals surface area contributed by atoms with Crippen LogP contribution in [0.4, 0.5) is 5.69 Å². The molecule has 0 bridgehead atoms. The first kappa shape index (κ1) is 29.1. The van der Waals surface area contributed by atoms with Crippen LogP contribution >= 0.6 is 27.5 Å². The van der Waals surface area contributed by atoms with Crippen LogP contribution in [0.1, 0.15) is 45.6 Å². The van der Waals surface area contributed by atoms with E-state index < -0.39 is 16.1 Å². The Morgan fingerprint density at radius 3 is 2.40 bits per heavy atom. The molecule has 10 heteroatoms. The first-order chi connectivity index (χ1) is 16.4. The lowest BCUT2D eigenvalue weighted by molar-refractivity contribution is -0.140. The summed E-state index contributed by atoms with van der Waals surface area (Å²) in [6.07, 6.45) is 2.27. The van der Waals surface area contributed by atoms with Crippen molar-refractivity contribution in [1.82, 2.24) is 10.2 Å². The minimum atomic E-state index is -3.57. The fourth-order valence-corrected chi connectivity index (χ4v) is 5.10. The molecule has 2 aromatic carbocycles. The van der Waals surface area contributed by atoms with Gasteiger partial charge in [0.2, 0.25) is 21.8 Å². The molecule has 0 radical (unpaired) electrons. The van der Waals surface area contributed by atoms with Crippen molar-refractivity contribution in [2.45, 2.75) is 58.7 Å². The van der Waals surface area contributed by atoms with Crippen molar-refractivity contribution in [3.05, 3.63) is 63.6 Å². The van der Waals surface area contributed by atoms with Gasteiger partial charge >= 0.3 is 0 Å². The molecule has 35 heavy (non-hydrogen) atoms. The first-order valence-corrected chi connectivity index (χ1v) is 14.5. The van der Waals surface area contributed by atoms with E-state index in [4.69, 9.17) is 11.6 Å². The third-order valence-corrected chi connectivity index (χ3v) is 7.58. The number of hydrogen-bond donors (Lipinski definition) is 1. The van der Waals surface area contributed by atoms with E-state index in [1.807, 2.05) is 38.1 Å². The van der Waals surface area contributed by atoms with Crippen LogP contribution in [0.15, 0.2) is 53.0 Å². The van der Waals surface area contributed by atoms with Crippen molar-refractivity contribution in [3.8, 4) is 0 Å². The van der Waals surface area contributed by atoms with Crippen LogP contribution in [0, 0.1) is 0 Å². The molecule has 0 spiro atoms. The first-order valence-electron chi connectivity index (χ1n) is 11.5. The van der Waals surface area contributed by atoms with Crippen molar-refractivity contribution < 1.29 is 18.0 Å². The third-order valence-electron chi connectivity index (χ3n) is 5.66. The predicted molar refractivity (Wildman–Crippen MR) is 145 cm³/mol. The monoisotopic (exact) mass is 585 g/mol. The number of nitrogens with one attached hydrogen (secondary N) is 1. The van der Waals surface area contributed by atoms with Crippen LogP contribution in [0.3, 0.4) is 0 Å². The molecule has 0 fully saturated rings. The van der Waals surface area contributed by atoms with Crippen LogP contribution in [-0.2, 0) is 26.2 Å². The van der Waals surface area contributed by atoms with Gasteiger partial charge in [0.05, 0.1) is 11.9 Å². The summed E-state index contributed by atoms with van der Waals surface area (Å²) in [5, 5.41) is 3.37. The van der Waals surface area contributed by atoms with Gasteiger partial charge in [-0.3, -0.25) is 13.9 Å². The molecule has 0 saturated heterocycles. The Labute approximate surface area is 222 Å². The van der Waals surface area contributed by atoms with Gasteiger partial charge in [0.15, 0.2) is 0 Å². The summed E-state index contributed by atoms with van der Waals surface area (Å²) in [7, 11) is -3.57. The lowest BCUT2D eigenvalue weighted by Crippen LogP contribution is -2.49. The Morgan fingerprint density at radius 1 is 1.11 bits per heavy atom. The molecule has 0 aliphatic rings. The maximum Gasteiger partial charge on any atom is 0.242 e. The molecule has 2 amide bonds. The number of carbonyl (C=O) groups is 2. The molecule has 2 atom stereocenters. The molecule has 0 saturated carbocycles. The molecule has 7 nitrogen and oxygen atoms in total. The van der Waals surface area contributed by atoms with Gasteiger partial charge in [-0.2, -0.15) is 0 Å². The fourth-order valence-electron chi connectivity index (χ4n) is 3.52. The second-order valence-corrected chi connectivity index (χ2v) is 11.8. The standard InChI is InChI=1S/C25H33BrClN3O4S/c1-5-18(2)28-25(32)19(3)29(17-20-9-6-10-21(26)15-20)24(31)13-8-14-30(35(4,33)34)23-12-7-11-22(27)16-23/h6-7,9-12,15-16,18-19H,5,8,13-14,17H2,1-4H3,(H,28,32)/t18-,19+/m1/s1. The SMILES string of the molecule is CC[C@@H](C)NC(=O)[C@H](C)N(Cc1cccc(Br)c1)C(=O)CCCN(c1cccc(Cl)c1)S(C)(=O)=O. The van der Waals surface area contributed by atoms with Crippen LogP contribution in [0.25, 0.3) is 0 Å². The summed E-state index contributed by atoms with van der Waals surface area (Å²) >= 11 is 9.49. The highest BCUT2D eigenvalue weighted by molar-refractivity contribution is 9.10. The highest BCUT2D eigenvalue weighted by atomic mass is 79.9. The van der Waals surface area contributed by atoms with Crippen molar-refractivity contribution in [2.24, 2.45) is 0 Å². The van der Waals surface area contributed by atoms with Gasteiger partial charge in [-0.15, -0.1) is 0 Å². The predicted octanol–water partition coefficient (Wildman–Crippen LogP) is 4.98. The van der Waals surface area contributed by atoms with Gasteiger partial charge in [0.25, 0.3) is 0 Å². The van der Waals surface area contributed by atoms with E-state index in [0.717, 1.165) is 22.7 Å². The Hall–Kier alpha value is -2.10. The molecule has 2 aromatic rings. The maximum absolute atomic E-state index is 13.3. The van der Waals surface area contributed by atoms with E-state index in [0.29, 0.717) is 10.7 Å². The highest BCUT2D eigenvalue weighted by Crippen LogP contribution is 2.23. The van der Waals surface area contributed by atoms with E-state index in [-0.39, 0.29) is 43.8 Å². The fraction of sp³-hybridized carbons (Fsp3) is 0.440. The van der Waals surface area contributed by atoms with Crippen molar-refractivity contribution in [2.75, 3.05) is 17.1 Å². The Balaban J connectivity index is 2.17. The van der Waals surface area contributed by atoms with Gasteiger partial charge in [0, 0.05) is 35.0 Å². The highest BCUT2D eigenvalue weighted by Gasteiger charge is 2.27. The number of nitrogens with zero attached hydrogens (tertiary/aromatic N) is 2. The topological polar surface area (TPSA) is 86.8 Å². The third kappa shape index (κ3) is 9.13. The van der Waals surface area contributed by atoms with E-state index >= 15 is 0 Å². The molecular weight excluding hydrogens is 554 g/mol. The number of rotatable bonds is 12. The summed E-state index contributed by atoms with van der Waals surface area (Å²) in [6.45, 7) is 5.98. The van der Waals surface area contributed by atoms with Gasteiger partial charge < -0.3 is 10.2 Å². The minimum absolute atomic E-state index is 0.00575. The summed E-state index contributed by atoms with van der Waals surface area (Å²) in [6, 6.07) is 13.5. The molecular formula is C25H33BrClN3O4S. The minimum Gasteiger partial charge on any atom is -0.352 e. The summed E-state index contributed by atoms with van der Waals surface area (Å²) < 4.78 is 26.9. The molecule has 0 aliphatic carbocycles.